The van der Waals surface area contributed by atoms with E-state index >= 15 is 0 Å². The number of halogens is 4. The summed E-state index contributed by atoms with van der Waals surface area (Å²) in [6.45, 7) is 0. The second-order valence-corrected chi connectivity index (χ2v) is 5.11. The third-order valence-electron chi connectivity index (χ3n) is 2.21. The van der Waals surface area contributed by atoms with Crippen molar-refractivity contribution < 1.29 is 17.9 Å². The molecule has 0 aliphatic carbocycles. The molecule has 20 heavy (non-hydrogen) atoms. The van der Waals surface area contributed by atoms with Crippen LogP contribution in [0.25, 0.3) is 0 Å². The smallest absolute Gasteiger partial charge is 0.451 e. The van der Waals surface area contributed by atoms with Gasteiger partial charge in [0.05, 0.1) is 7.11 Å². The highest BCUT2D eigenvalue weighted by Crippen LogP contribution is 2.32. The van der Waals surface area contributed by atoms with Crippen molar-refractivity contribution in [1.82, 2.24) is 9.97 Å². The van der Waals surface area contributed by atoms with E-state index in [2.05, 4.69) is 9.97 Å². The van der Waals surface area contributed by atoms with Gasteiger partial charge >= 0.3 is 6.18 Å². The SMILES string of the molecule is COc1ccc(Sc2cc(Cl)nc(C(F)(F)F)n2)cc1. The van der Waals surface area contributed by atoms with Crippen molar-refractivity contribution in [1.29, 1.82) is 0 Å². The van der Waals surface area contributed by atoms with E-state index in [1.54, 1.807) is 24.3 Å². The molecule has 106 valence electrons. The first-order valence-corrected chi connectivity index (χ1v) is 6.51. The quantitative estimate of drug-likeness (QED) is 0.789. The maximum absolute atomic E-state index is 12.6. The Morgan fingerprint density at radius 1 is 1.15 bits per heavy atom. The fourth-order valence-corrected chi connectivity index (χ4v) is 2.40. The molecule has 1 heterocycles. The highest BCUT2D eigenvalue weighted by atomic mass is 35.5. The first kappa shape index (κ1) is 14.9. The second kappa shape index (κ2) is 5.88. The van der Waals surface area contributed by atoms with Crippen molar-refractivity contribution in [3.63, 3.8) is 0 Å². The van der Waals surface area contributed by atoms with E-state index in [1.165, 1.54) is 13.2 Å². The molecule has 0 aliphatic rings. The Morgan fingerprint density at radius 3 is 2.35 bits per heavy atom. The van der Waals surface area contributed by atoms with Gasteiger partial charge in [0.15, 0.2) is 0 Å². The molecule has 0 saturated carbocycles. The average molecular weight is 321 g/mol. The van der Waals surface area contributed by atoms with Crippen molar-refractivity contribution in [3.8, 4) is 5.75 Å². The van der Waals surface area contributed by atoms with E-state index < -0.39 is 12.0 Å². The minimum Gasteiger partial charge on any atom is -0.497 e. The molecule has 0 fully saturated rings. The highest BCUT2D eigenvalue weighted by Gasteiger charge is 2.35. The summed E-state index contributed by atoms with van der Waals surface area (Å²) in [5.74, 6) is -0.591. The third-order valence-corrected chi connectivity index (χ3v) is 3.33. The van der Waals surface area contributed by atoms with Crippen molar-refractivity contribution in [2.75, 3.05) is 7.11 Å². The minimum atomic E-state index is -4.62. The predicted molar refractivity (Wildman–Crippen MR) is 69.2 cm³/mol. The molecule has 0 saturated heterocycles. The molecule has 1 aromatic carbocycles. The Morgan fingerprint density at radius 2 is 1.80 bits per heavy atom. The van der Waals surface area contributed by atoms with Gasteiger partial charge in [0.25, 0.3) is 0 Å². The molecule has 8 heteroatoms. The van der Waals surface area contributed by atoms with Crippen LogP contribution in [0, 0.1) is 0 Å². The number of hydrogen-bond donors (Lipinski definition) is 0. The number of ether oxygens (including phenoxy) is 1. The third kappa shape index (κ3) is 3.77. The molecule has 0 N–H and O–H groups in total. The molecule has 3 nitrogen and oxygen atoms in total. The summed E-state index contributed by atoms with van der Waals surface area (Å²) >= 11 is 6.65. The van der Waals surface area contributed by atoms with Crippen LogP contribution in [0.15, 0.2) is 40.3 Å². The van der Waals surface area contributed by atoms with Crippen LogP contribution >= 0.6 is 23.4 Å². The molecule has 0 aliphatic heterocycles. The summed E-state index contributed by atoms with van der Waals surface area (Å²) in [6.07, 6.45) is -4.62. The first-order chi connectivity index (χ1) is 9.38. The molecule has 0 spiro atoms. The largest absolute Gasteiger partial charge is 0.497 e. The normalized spacial score (nSPS) is 11.4. The fourth-order valence-electron chi connectivity index (χ4n) is 1.34. The van der Waals surface area contributed by atoms with Crippen LogP contribution in [0.5, 0.6) is 5.75 Å². The van der Waals surface area contributed by atoms with Crippen LogP contribution in [0.2, 0.25) is 5.15 Å². The summed E-state index contributed by atoms with van der Waals surface area (Å²) in [6, 6.07) is 8.12. The van der Waals surface area contributed by atoms with Crippen LogP contribution in [-0.4, -0.2) is 17.1 Å². The van der Waals surface area contributed by atoms with E-state index in [1.807, 2.05) is 0 Å². The first-order valence-electron chi connectivity index (χ1n) is 5.32. The molecule has 2 rings (SSSR count). The predicted octanol–water partition coefficient (Wildman–Crippen LogP) is 4.31. The molecule has 0 atom stereocenters. The van der Waals surface area contributed by atoms with Gasteiger partial charge in [-0.3, -0.25) is 0 Å². The summed E-state index contributed by atoms with van der Waals surface area (Å²) < 4.78 is 42.7. The van der Waals surface area contributed by atoms with E-state index in [9.17, 15) is 13.2 Å². The lowest BCUT2D eigenvalue weighted by atomic mass is 10.3. The number of benzene rings is 1. The lowest BCUT2D eigenvalue weighted by molar-refractivity contribution is -0.145. The number of aromatic nitrogens is 2. The zero-order valence-corrected chi connectivity index (χ0v) is 11.7. The van der Waals surface area contributed by atoms with Crippen molar-refractivity contribution >= 4 is 23.4 Å². The minimum absolute atomic E-state index is 0.127. The maximum Gasteiger partial charge on any atom is 0.451 e. The van der Waals surface area contributed by atoms with Crippen LogP contribution in [0.1, 0.15) is 5.82 Å². The Kier molecular flexibility index (Phi) is 4.39. The van der Waals surface area contributed by atoms with Gasteiger partial charge < -0.3 is 4.74 Å². The number of rotatable bonds is 3. The Bertz CT molecular complexity index is 605. The molecule has 1 aromatic heterocycles. The molecule has 0 unspecified atom stereocenters. The van der Waals surface area contributed by atoms with Gasteiger partial charge in [-0.15, -0.1) is 0 Å². The summed E-state index contributed by atoms with van der Waals surface area (Å²) in [4.78, 5) is 7.34. The molecule has 0 radical (unpaired) electrons. The molecule has 0 amide bonds. The summed E-state index contributed by atoms with van der Waals surface area (Å²) in [7, 11) is 1.53. The molecule has 0 bridgehead atoms. The fraction of sp³-hybridized carbons (Fsp3) is 0.167. The summed E-state index contributed by atoms with van der Waals surface area (Å²) in [5, 5.41) is -0.120. The van der Waals surface area contributed by atoms with Crippen molar-refractivity contribution in [2.45, 2.75) is 16.1 Å². The van der Waals surface area contributed by atoms with E-state index in [4.69, 9.17) is 16.3 Å². The monoisotopic (exact) mass is 320 g/mol. The van der Waals surface area contributed by atoms with Gasteiger partial charge in [-0.05, 0) is 24.3 Å². The van der Waals surface area contributed by atoms with Gasteiger partial charge in [0.2, 0.25) is 5.82 Å². The molecular weight excluding hydrogens is 313 g/mol. The van der Waals surface area contributed by atoms with Gasteiger partial charge in [0, 0.05) is 11.0 Å². The van der Waals surface area contributed by atoms with Crippen LogP contribution in [0.4, 0.5) is 13.2 Å². The highest BCUT2D eigenvalue weighted by molar-refractivity contribution is 7.99. The van der Waals surface area contributed by atoms with Gasteiger partial charge in [-0.25, -0.2) is 9.97 Å². The number of alkyl halides is 3. The van der Waals surface area contributed by atoms with Crippen LogP contribution < -0.4 is 4.74 Å². The number of nitrogens with zero attached hydrogens (tertiary/aromatic N) is 2. The Labute approximate surface area is 122 Å². The van der Waals surface area contributed by atoms with Crippen molar-refractivity contribution in [3.05, 3.63) is 41.3 Å². The number of methoxy groups -OCH3 is 1. The zero-order valence-electron chi connectivity index (χ0n) is 10.1. The number of hydrogen-bond acceptors (Lipinski definition) is 4. The molecule has 2 aromatic rings. The topological polar surface area (TPSA) is 35.0 Å². The molecular formula is C12H8ClF3N2OS. The van der Waals surface area contributed by atoms with Crippen LogP contribution in [-0.2, 0) is 6.18 Å². The zero-order chi connectivity index (χ0) is 14.8. The van der Waals surface area contributed by atoms with Crippen molar-refractivity contribution in [2.24, 2.45) is 0 Å². The van der Waals surface area contributed by atoms with E-state index in [0.717, 1.165) is 11.8 Å². The Balaban J connectivity index is 2.26. The van der Waals surface area contributed by atoms with E-state index in [0.29, 0.717) is 10.6 Å². The van der Waals surface area contributed by atoms with E-state index in [-0.39, 0.29) is 10.2 Å². The van der Waals surface area contributed by atoms with Gasteiger partial charge in [0.1, 0.15) is 15.9 Å². The Hall–Kier alpha value is -1.47. The summed E-state index contributed by atoms with van der Waals surface area (Å²) in [5.41, 5.74) is 0. The lowest BCUT2D eigenvalue weighted by Gasteiger charge is -2.07. The maximum atomic E-state index is 12.6. The van der Waals surface area contributed by atoms with Crippen LogP contribution in [0.3, 0.4) is 0 Å². The van der Waals surface area contributed by atoms with Gasteiger partial charge in [-0.2, -0.15) is 13.2 Å². The second-order valence-electron chi connectivity index (χ2n) is 3.63. The lowest BCUT2D eigenvalue weighted by Crippen LogP contribution is -2.11. The van der Waals surface area contributed by atoms with Gasteiger partial charge in [-0.1, -0.05) is 23.4 Å². The average Bonchev–Trinajstić information content (AvgIpc) is 2.38. The standard InChI is InChI=1S/C12H8ClF3N2OS/c1-19-7-2-4-8(5-3-7)20-10-6-9(13)17-11(18-10)12(14,15)16/h2-6H,1H3.